The molecule has 1 aliphatic rings. The van der Waals surface area contributed by atoms with Crippen molar-refractivity contribution < 1.29 is 19.5 Å². The minimum atomic E-state index is -0.838. The predicted octanol–water partition coefficient (Wildman–Crippen LogP) is 0.737. The van der Waals surface area contributed by atoms with Gasteiger partial charge >= 0.3 is 5.97 Å². The van der Waals surface area contributed by atoms with Gasteiger partial charge in [-0.25, -0.2) is 0 Å². The molecule has 1 heterocycles. The molecule has 9 heteroatoms. The third-order valence-corrected chi connectivity index (χ3v) is 5.06. The molecule has 0 saturated heterocycles. The van der Waals surface area contributed by atoms with Crippen LogP contribution in [-0.4, -0.2) is 69.7 Å². The number of aliphatic carboxylic acids is 1. The number of hydrogen-bond acceptors (Lipinski definition) is 5. The maximum absolute atomic E-state index is 12.3. The monoisotopic (exact) mass is 387 g/mol. The minimum absolute atomic E-state index is 0.0235. The molecule has 0 unspecified atom stereocenters. The van der Waals surface area contributed by atoms with E-state index < -0.39 is 5.97 Å². The number of fused-ring (bicyclic) bond motifs is 1. The molecule has 3 rings (SSSR count). The molecular formula is C19H25N5O4. The van der Waals surface area contributed by atoms with Crippen molar-refractivity contribution in [3.63, 3.8) is 0 Å². The van der Waals surface area contributed by atoms with Crippen molar-refractivity contribution in [2.75, 3.05) is 19.6 Å². The van der Waals surface area contributed by atoms with Crippen molar-refractivity contribution >= 4 is 28.7 Å². The first-order chi connectivity index (χ1) is 13.5. The average molecular weight is 387 g/mol. The summed E-state index contributed by atoms with van der Waals surface area (Å²) in [4.78, 5) is 37.1. The molecule has 0 aliphatic heterocycles. The first-order valence-corrected chi connectivity index (χ1v) is 9.44. The van der Waals surface area contributed by atoms with Gasteiger partial charge in [0.1, 0.15) is 0 Å². The van der Waals surface area contributed by atoms with Gasteiger partial charge < -0.3 is 15.7 Å². The second kappa shape index (κ2) is 8.83. The Morgan fingerprint density at radius 3 is 2.75 bits per heavy atom. The van der Waals surface area contributed by atoms with Gasteiger partial charge in [-0.15, -0.1) is 0 Å². The maximum atomic E-state index is 12.3. The lowest BCUT2D eigenvalue weighted by molar-refractivity contribution is -0.139. The largest absolute Gasteiger partial charge is 0.480 e. The van der Waals surface area contributed by atoms with Gasteiger partial charge in [0.15, 0.2) is 5.69 Å². The van der Waals surface area contributed by atoms with Crippen LogP contribution in [0.3, 0.4) is 0 Å². The Hall–Kier alpha value is -2.94. The summed E-state index contributed by atoms with van der Waals surface area (Å²) in [5, 5.41) is 22.1. The quantitative estimate of drug-likeness (QED) is 0.502. The number of aromatic amines is 1. The van der Waals surface area contributed by atoms with E-state index in [2.05, 4.69) is 20.8 Å². The van der Waals surface area contributed by atoms with E-state index in [0.29, 0.717) is 12.2 Å². The fraction of sp³-hybridized carbons (Fsp3) is 0.474. The van der Waals surface area contributed by atoms with Crippen LogP contribution in [0.2, 0.25) is 0 Å². The van der Waals surface area contributed by atoms with Crippen molar-refractivity contribution in [3.8, 4) is 0 Å². The van der Waals surface area contributed by atoms with E-state index in [-0.39, 0.29) is 43.4 Å². The number of amides is 2. The highest BCUT2D eigenvalue weighted by atomic mass is 16.4. The Balaban J connectivity index is 1.37. The molecule has 1 aliphatic carbocycles. The fourth-order valence-corrected chi connectivity index (χ4v) is 3.49. The molecule has 28 heavy (non-hydrogen) atoms. The number of para-hydroxylation sites is 1. The second-order valence-electron chi connectivity index (χ2n) is 6.97. The van der Waals surface area contributed by atoms with Gasteiger partial charge in [0.25, 0.3) is 5.91 Å². The number of rotatable bonds is 9. The summed E-state index contributed by atoms with van der Waals surface area (Å²) in [5.74, 6) is -1.28. The zero-order chi connectivity index (χ0) is 20.1. The average Bonchev–Trinajstić information content (AvgIpc) is 3.06. The molecule has 1 fully saturated rings. The Kier molecular flexibility index (Phi) is 6.25. The van der Waals surface area contributed by atoms with Gasteiger partial charge in [-0.2, -0.15) is 5.10 Å². The van der Waals surface area contributed by atoms with Gasteiger partial charge in [0.05, 0.1) is 12.1 Å². The SMILES string of the molecule is CCN(CC(=O)O)C1CC(NC(=O)CCNC(=O)c2n[nH]c3ccccc23)C1. The van der Waals surface area contributed by atoms with Crippen molar-refractivity contribution in [2.45, 2.75) is 38.3 Å². The van der Waals surface area contributed by atoms with Crippen molar-refractivity contribution in [2.24, 2.45) is 0 Å². The van der Waals surface area contributed by atoms with Gasteiger partial charge in [0, 0.05) is 30.4 Å². The van der Waals surface area contributed by atoms with Crippen LogP contribution < -0.4 is 10.6 Å². The van der Waals surface area contributed by atoms with Gasteiger partial charge in [-0.1, -0.05) is 25.1 Å². The van der Waals surface area contributed by atoms with Crippen LogP contribution in [0.1, 0.15) is 36.7 Å². The summed E-state index contributed by atoms with van der Waals surface area (Å²) in [6.45, 7) is 2.85. The highest BCUT2D eigenvalue weighted by Gasteiger charge is 2.34. The first-order valence-electron chi connectivity index (χ1n) is 9.44. The summed E-state index contributed by atoms with van der Waals surface area (Å²) >= 11 is 0. The van der Waals surface area contributed by atoms with E-state index in [9.17, 15) is 14.4 Å². The summed E-state index contributed by atoms with van der Waals surface area (Å²) in [6, 6.07) is 7.61. The molecule has 2 aromatic rings. The van der Waals surface area contributed by atoms with E-state index in [1.807, 2.05) is 36.1 Å². The molecular weight excluding hydrogens is 362 g/mol. The van der Waals surface area contributed by atoms with Gasteiger partial charge in [0.2, 0.25) is 5.91 Å². The van der Waals surface area contributed by atoms with Crippen LogP contribution in [0, 0.1) is 0 Å². The highest BCUT2D eigenvalue weighted by molar-refractivity contribution is 6.04. The molecule has 150 valence electrons. The lowest BCUT2D eigenvalue weighted by atomic mass is 9.85. The number of likely N-dealkylation sites (N-methyl/N-ethyl adjacent to an activating group) is 1. The zero-order valence-corrected chi connectivity index (χ0v) is 15.8. The fourth-order valence-electron chi connectivity index (χ4n) is 3.49. The summed E-state index contributed by atoms with van der Waals surface area (Å²) < 4.78 is 0. The Morgan fingerprint density at radius 1 is 1.29 bits per heavy atom. The lowest BCUT2D eigenvalue weighted by Gasteiger charge is -2.42. The Bertz CT molecular complexity index is 859. The lowest BCUT2D eigenvalue weighted by Crippen LogP contribution is -2.55. The molecule has 0 radical (unpaired) electrons. The van der Waals surface area contributed by atoms with Crippen LogP contribution in [0.4, 0.5) is 0 Å². The van der Waals surface area contributed by atoms with Crippen LogP contribution in [0.25, 0.3) is 10.9 Å². The number of carboxylic acids is 1. The summed E-state index contributed by atoms with van der Waals surface area (Å²) in [5.41, 5.74) is 1.10. The van der Waals surface area contributed by atoms with Crippen LogP contribution in [0.5, 0.6) is 0 Å². The number of hydrogen-bond donors (Lipinski definition) is 4. The topological polar surface area (TPSA) is 127 Å². The second-order valence-corrected chi connectivity index (χ2v) is 6.97. The third-order valence-electron chi connectivity index (χ3n) is 5.06. The van der Waals surface area contributed by atoms with Crippen LogP contribution in [-0.2, 0) is 9.59 Å². The molecule has 1 aromatic carbocycles. The molecule has 0 bridgehead atoms. The highest BCUT2D eigenvalue weighted by Crippen LogP contribution is 2.25. The van der Waals surface area contributed by atoms with E-state index in [1.165, 1.54) is 0 Å². The van der Waals surface area contributed by atoms with E-state index >= 15 is 0 Å². The molecule has 1 saturated carbocycles. The Morgan fingerprint density at radius 2 is 2.04 bits per heavy atom. The number of H-pyrrole nitrogens is 1. The number of carboxylic acid groups (broad SMARTS) is 1. The number of carbonyl (C=O) groups is 3. The van der Waals surface area contributed by atoms with E-state index in [0.717, 1.165) is 23.7 Å². The van der Waals surface area contributed by atoms with Gasteiger partial charge in [-0.3, -0.25) is 24.4 Å². The molecule has 9 nitrogen and oxygen atoms in total. The molecule has 4 N–H and O–H groups in total. The third kappa shape index (κ3) is 4.66. The Labute approximate surface area is 162 Å². The number of nitrogens with one attached hydrogen (secondary N) is 3. The van der Waals surface area contributed by atoms with E-state index in [1.54, 1.807) is 0 Å². The van der Waals surface area contributed by atoms with Crippen LogP contribution in [0.15, 0.2) is 24.3 Å². The molecule has 0 spiro atoms. The predicted molar refractivity (Wildman–Crippen MR) is 103 cm³/mol. The van der Waals surface area contributed by atoms with Crippen molar-refractivity contribution in [3.05, 3.63) is 30.0 Å². The standard InChI is InChI=1S/C19H25N5O4/c1-2-24(11-17(26)27)13-9-12(10-13)21-16(25)7-8-20-19(28)18-14-5-3-4-6-15(14)22-23-18/h3-6,12-13H,2,7-11H2,1H3,(H,20,28)(H,21,25)(H,22,23)(H,26,27). The van der Waals surface area contributed by atoms with Crippen molar-refractivity contribution in [1.29, 1.82) is 0 Å². The van der Waals surface area contributed by atoms with Gasteiger partial charge in [-0.05, 0) is 25.5 Å². The smallest absolute Gasteiger partial charge is 0.317 e. The minimum Gasteiger partial charge on any atom is -0.480 e. The molecule has 2 amide bonds. The molecule has 0 atom stereocenters. The summed E-state index contributed by atoms with van der Waals surface area (Å²) in [6.07, 6.45) is 1.68. The normalized spacial score (nSPS) is 18.6. The number of aromatic nitrogens is 2. The van der Waals surface area contributed by atoms with Crippen LogP contribution >= 0.6 is 0 Å². The van der Waals surface area contributed by atoms with Crippen molar-refractivity contribution in [1.82, 2.24) is 25.7 Å². The zero-order valence-electron chi connectivity index (χ0n) is 15.8. The summed E-state index contributed by atoms with van der Waals surface area (Å²) in [7, 11) is 0. The van der Waals surface area contributed by atoms with E-state index in [4.69, 9.17) is 5.11 Å². The first kappa shape index (κ1) is 19.8. The maximum Gasteiger partial charge on any atom is 0.317 e. The number of nitrogens with zero attached hydrogens (tertiary/aromatic N) is 2. The number of carbonyl (C=O) groups excluding carboxylic acids is 2. The number of benzene rings is 1. The molecule has 1 aromatic heterocycles.